The topological polar surface area (TPSA) is 95.0 Å². The Morgan fingerprint density at radius 1 is 1.64 bits per heavy atom. The van der Waals surface area contributed by atoms with E-state index >= 15 is 0 Å². The highest BCUT2D eigenvalue weighted by Crippen LogP contribution is 2.18. The number of rotatable bonds is 6. The van der Waals surface area contributed by atoms with Crippen molar-refractivity contribution in [1.29, 1.82) is 5.26 Å². The van der Waals surface area contributed by atoms with Gasteiger partial charge in [0.15, 0.2) is 0 Å². The maximum atomic E-state index is 12.2. The van der Waals surface area contributed by atoms with Gasteiger partial charge in [0.1, 0.15) is 11.9 Å². The lowest BCUT2D eigenvalue weighted by Gasteiger charge is -2.23. The van der Waals surface area contributed by atoms with Gasteiger partial charge < -0.3 is 16.0 Å². The van der Waals surface area contributed by atoms with Crippen LogP contribution in [0, 0.1) is 18.3 Å². The number of nitrogens with one attached hydrogen (secondary N) is 1. The van der Waals surface area contributed by atoms with Gasteiger partial charge in [-0.1, -0.05) is 6.07 Å². The molecule has 0 spiro atoms. The summed E-state index contributed by atoms with van der Waals surface area (Å²) in [6.45, 7) is 3.36. The van der Waals surface area contributed by atoms with Gasteiger partial charge in [-0.05, 0) is 44.2 Å². The van der Waals surface area contributed by atoms with E-state index in [4.69, 9.17) is 11.0 Å². The van der Waals surface area contributed by atoms with Crippen LogP contribution in [0.3, 0.4) is 0 Å². The minimum Gasteiger partial charge on any atom is -0.370 e. The number of aromatic nitrogens is 1. The molecule has 0 saturated carbocycles. The first-order chi connectivity index (χ1) is 10.6. The fourth-order valence-electron chi connectivity index (χ4n) is 2.61. The van der Waals surface area contributed by atoms with E-state index in [1.54, 1.807) is 4.90 Å². The molecule has 1 aliphatic rings. The molecule has 1 amide bonds. The van der Waals surface area contributed by atoms with Gasteiger partial charge in [0.25, 0.3) is 0 Å². The van der Waals surface area contributed by atoms with Gasteiger partial charge in [0.05, 0.1) is 12.1 Å². The first kappa shape index (κ1) is 16.2. The number of anilines is 1. The number of aryl methyl sites for hydroxylation is 1. The smallest absolute Gasteiger partial charge is 0.240 e. The summed E-state index contributed by atoms with van der Waals surface area (Å²) in [6, 6.07) is 5.28. The molecule has 0 aliphatic carbocycles. The predicted molar refractivity (Wildman–Crippen MR) is 85.0 cm³/mol. The minimum atomic E-state index is -0.526. The number of hydrogen-bond acceptors (Lipinski definition) is 5. The molecule has 2 atom stereocenters. The van der Waals surface area contributed by atoms with E-state index in [-0.39, 0.29) is 11.9 Å². The zero-order chi connectivity index (χ0) is 15.9. The molecule has 0 radical (unpaired) electrons. The van der Waals surface area contributed by atoms with Crippen molar-refractivity contribution >= 4 is 11.7 Å². The number of carbonyl (C=O) groups excluding carboxylic acids is 1. The number of pyridine rings is 1. The Labute approximate surface area is 131 Å². The number of nitrogens with zero attached hydrogens (tertiary/aromatic N) is 3. The van der Waals surface area contributed by atoms with Crippen LogP contribution in [0.4, 0.5) is 5.82 Å². The summed E-state index contributed by atoms with van der Waals surface area (Å²) in [7, 11) is 0. The van der Waals surface area contributed by atoms with Gasteiger partial charge in [0, 0.05) is 19.3 Å². The van der Waals surface area contributed by atoms with Crippen LogP contribution in [0.15, 0.2) is 18.3 Å². The number of likely N-dealkylation sites (tertiary alicyclic amines) is 1. The lowest BCUT2D eigenvalue weighted by atomic mass is 10.1. The van der Waals surface area contributed by atoms with Crippen molar-refractivity contribution in [2.75, 3.05) is 18.4 Å². The van der Waals surface area contributed by atoms with Crippen LogP contribution < -0.4 is 11.1 Å². The van der Waals surface area contributed by atoms with E-state index in [1.165, 1.54) is 0 Å². The van der Waals surface area contributed by atoms with E-state index in [1.807, 2.05) is 25.3 Å². The van der Waals surface area contributed by atoms with Crippen molar-refractivity contribution in [3.05, 3.63) is 23.9 Å². The zero-order valence-electron chi connectivity index (χ0n) is 13.0. The largest absolute Gasteiger partial charge is 0.370 e. The number of amides is 1. The highest BCUT2D eigenvalue weighted by atomic mass is 16.2. The van der Waals surface area contributed by atoms with Crippen LogP contribution in [0.25, 0.3) is 0 Å². The third kappa shape index (κ3) is 4.18. The summed E-state index contributed by atoms with van der Waals surface area (Å²) in [6.07, 6.45) is 4.85. The third-order valence-corrected chi connectivity index (χ3v) is 3.91. The molecule has 2 rings (SSSR count). The SMILES string of the molecule is Cc1ccc(NCCC[C@H](N)C(=O)N2CCC[C@H]2C#N)nc1. The summed E-state index contributed by atoms with van der Waals surface area (Å²) in [5, 5.41) is 12.2. The molecule has 1 fully saturated rings. The van der Waals surface area contributed by atoms with Gasteiger partial charge in [-0.3, -0.25) is 4.79 Å². The Morgan fingerprint density at radius 3 is 3.14 bits per heavy atom. The molecular formula is C16H23N5O. The Hall–Kier alpha value is -2.13. The normalized spacial score (nSPS) is 18.8. The van der Waals surface area contributed by atoms with Crippen LogP contribution in [0.5, 0.6) is 0 Å². The van der Waals surface area contributed by atoms with E-state index in [0.29, 0.717) is 13.0 Å². The first-order valence-corrected chi connectivity index (χ1v) is 7.74. The maximum absolute atomic E-state index is 12.2. The summed E-state index contributed by atoms with van der Waals surface area (Å²) < 4.78 is 0. The van der Waals surface area contributed by atoms with Gasteiger partial charge in [-0.2, -0.15) is 5.26 Å². The molecule has 0 unspecified atom stereocenters. The standard InChI is InChI=1S/C16H23N5O/c1-12-6-7-15(20-11-12)19-8-2-5-14(18)16(22)21-9-3-4-13(21)10-17/h6-7,11,13-14H,2-5,8-9,18H2,1H3,(H,19,20)/t13-,14-/m0/s1. The highest BCUT2D eigenvalue weighted by Gasteiger charge is 2.31. The number of nitriles is 1. The van der Waals surface area contributed by atoms with Crippen molar-refractivity contribution in [3.63, 3.8) is 0 Å². The van der Waals surface area contributed by atoms with Crippen molar-refractivity contribution < 1.29 is 4.79 Å². The lowest BCUT2D eigenvalue weighted by molar-refractivity contribution is -0.132. The second kappa shape index (κ2) is 7.76. The maximum Gasteiger partial charge on any atom is 0.240 e. The van der Waals surface area contributed by atoms with Crippen LogP contribution in [0.1, 0.15) is 31.2 Å². The number of nitrogens with two attached hydrogens (primary N) is 1. The van der Waals surface area contributed by atoms with Crippen LogP contribution in [-0.4, -0.2) is 41.0 Å². The predicted octanol–water partition coefficient (Wildman–Crippen LogP) is 1.42. The van der Waals surface area contributed by atoms with Crippen LogP contribution >= 0.6 is 0 Å². The van der Waals surface area contributed by atoms with E-state index in [0.717, 1.165) is 37.2 Å². The highest BCUT2D eigenvalue weighted by molar-refractivity contribution is 5.82. The molecule has 0 bridgehead atoms. The van der Waals surface area contributed by atoms with Gasteiger partial charge >= 0.3 is 0 Å². The molecule has 6 nitrogen and oxygen atoms in total. The van der Waals surface area contributed by atoms with Crippen molar-refractivity contribution in [1.82, 2.24) is 9.88 Å². The summed E-state index contributed by atoms with van der Waals surface area (Å²) in [5.41, 5.74) is 7.09. The Kier molecular flexibility index (Phi) is 5.73. The first-order valence-electron chi connectivity index (χ1n) is 7.74. The summed E-state index contributed by atoms with van der Waals surface area (Å²) in [5.74, 6) is 0.729. The molecular weight excluding hydrogens is 278 g/mol. The van der Waals surface area contributed by atoms with Gasteiger partial charge in [0.2, 0.25) is 5.91 Å². The molecule has 3 N–H and O–H groups in total. The third-order valence-electron chi connectivity index (χ3n) is 3.91. The minimum absolute atomic E-state index is 0.0995. The van der Waals surface area contributed by atoms with Crippen molar-refractivity contribution in [2.24, 2.45) is 5.73 Å². The Bertz CT molecular complexity index is 536. The second-order valence-electron chi connectivity index (χ2n) is 5.72. The Balaban J connectivity index is 1.71. The fourth-order valence-corrected chi connectivity index (χ4v) is 2.61. The lowest BCUT2D eigenvalue weighted by Crippen LogP contribution is -2.45. The molecule has 22 heavy (non-hydrogen) atoms. The average molecular weight is 301 g/mol. The Morgan fingerprint density at radius 2 is 2.45 bits per heavy atom. The second-order valence-corrected chi connectivity index (χ2v) is 5.72. The summed E-state index contributed by atoms with van der Waals surface area (Å²) in [4.78, 5) is 18.1. The van der Waals surface area contributed by atoms with Gasteiger partial charge in [-0.15, -0.1) is 0 Å². The van der Waals surface area contributed by atoms with Crippen LogP contribution in [0.2, 0.25) is 0 Å². The van der Waals surface area contributed by atoms with E-state index in [2.05, 4.69) is 16.4 Å². The molecule has 1 aliphatic heterocycles. The van der Waals surface area contributed by atoms with Crippen molar-refractivity contribution in [3.8, 4) is 6.07 Å². The zero-order valence-corrected chi connectivity index (χ0v) is 13.0. The molecule has 6 heteroatoms. The number of hydrogen-bond donors (Lipinski definition) is 2. The molecule has 1 aromatic heterocycles. The summed E-state index contributed by atoms with van der Waals surface area (Å²) >= 11 is 0. The monoisotopic (exact) mass is 301 g/mol. The molecule has 1 saturated heterocycles. The van der Waals surface area contributed by atoms with E-state index in [9.17, 15) is 4.79 Å². The van der Waals surface area contributed by atoms with Crippen molar-refractivity contribution in [2.45, 2.75) is 44.7 Å². The van der Waals surface area contributed by atoms with Crippen LogP contribution in [-0.2, 0) is 4.79 Å². The molecule has 2 heterocycles. The molecule has 1 aromatic rings. The molecule has 118 valence electrons. The van der Waals surface area contributed by atoms with E-state index < -0.39 is 6.04 Å². The number of carbonyl (C=O) groups is 1. The van der Waals surface area contributed by atoms with Gasteiger partial charge in [-0.25, -0.2) is 4.98 Å². The fraction of sp³-hybridized carbons (Fsp3) is 0.562. The quantitative estimate of drug-likeness (QED) is 0.775. The average Bonchev–Trinajstić information content (AvgIpc) is 3.00. The molecule has 0 aromatic carbocycles.